The largest absolute Gasteiger partial charge is 0.357 e. The van der Waals surface area contributed by atoms with E-state index in [0.29, 0.717) is 19.1 Å². The minimum atomic E-state index is 0.0311. The van der Waals surface area contributed by atoms with Gasteiger partial charge in [0.2, 0.25) is 0 Å². The molecule has 7 nitrogen and oxygen atoms in total. The minimum absolute atomic E-state index is 0.0311. The average molecular weight is 405 g/mol. The first-order chi connectivity index (χ1) is 13.6. The van der Waals surface area contributed by atoms with Gasteiger partial charge < -0.3 is 10.6 Å². The van der Waals surface area contributed by atoms with E-state index in [9.17, 15) is 4.79 Å². The van der Waals surface area contributed by atoms with Gasteiger partial charge in [0.25, 0.3) is 0 Å². The van der Waals surface area contributed by atoms with Crippen LogP contribution >= 0.6 is 11.3 Å². The second kappa shape index (κ2) is 9.91. The van der Waals surface area contributed by atoms with Crippen LogP contribution in [0.2, 0.25) is 0 Å². The third-order valence-electron chi connectivity index (χ3n) is 4.86. The van der Waals surface area contributed by atoms with E-state index in [-0.39, 0.29) is 5.69 Å². The van der Waals surface area contributed by atoms with Gasteiger partial charge in [0.1, 0.15) is 5.82 Å². The smallest absolute Gasteiger partial charge is 0.345 e. The van der Waals surface area contributed by atoms with Crippen molar-refractivity contribution in [2.75, 3.05) is 13.1 Å². The molecule has 8 heteroatoms. The fourth-order valence-corrected chi connectivity index (χ4v) is 4.53. The Hall–Kier alpha value is -2.09. The number of aliphatic imine (C=N–C) groups is 1. The van der Waals surface area contributed by atoms with Crippen molar-refractivity contribution in [3.05, 3.63) is 38.2 Å². The Morgan fingerprint density at radius 1 is 1.39 bits per heavy atom. The standard InChI is InChI=1S/C20H32N6OS/c1-4-21-19(23-15(2)14-17-10-9-16(3)28-17)22-11-7-13-26-20(27)25-12-6-5-8-18(25)24-26/h9-10,15H,4-8,11-14H2,1-3H3,(H2,21,22,23). The van der Waals surface area contributed by atoms with E-state index in [1.54, 1.807) is 4.68 Å². The molecule has 0 fully saturated rings. The van der Waals surface area contributed by atoms with Gasteiger partial charge in [0, 0.05) is 54.8 Å². The Kier molecular flexibility index (Phi) is 7.30. The minimum Gasteiger partial charge on any atom is -0.357 e. The number of thiophene rings is 1. The van der Waals surface area contributed by atoms with Crippen molar-refractivity contribution in [3.8, 4) is 0 Å². The molecule has 0 radical (unpaired) electrons. The van der Waals surface area contributed by atoms with E-state index in [1.807, 2.05) is 15.9 Å². The molecule has 1 aliphatic heterocycles. The SMILES string of the molecule is CCNC(=NCCCn1nc2n(c1=O)CCCC2)NC(C)Cc1ccc(C)s1. The van der Waals surface area contributed by atoms with Crippen LogP contribution in [0.25, 0.3) is 0 Å². The lowest BCUT2D eigenvalue weighted by molar-refractivity contribution is 0.509. The molecule has 1 aliphatic rings. The summed E-state index contributed by atoms with van der Waals surface area (Å²) in [4.78, 5) is 19.8. The second-order valence-corrected chi connectivity index (χ2v) is 8.78. The van der Waals surface area contributed by atoms with Gasteiger partial charge in [-0.2, -0.15) is 5.10 Å². The Balaban J connectivity index is 1.50. The number of rotatable bonds is 8. The molecule has 0 saturated heterocycles. The highest BCUT2D eigenvalue weighted by atomic mass is 32.1. The molecule has 154 valence electrons. The molecule has 28 heavy (non-hydrogen) atoms. The Bertz CT molecular complexity index is 849. The van der Waals surface area contributed by atoms with E-state index < -0.39 is 0 Å². The maximum absolute atomic E-state index is 12.4. The molecule has 0 aromatic carbocycles. The first kappa shape index (κ1) is 20.6. The van der Waals surface area contributed by atoms with E-state index in [4.69, 9.17) is 0 Å². The monoisotopic (exact) mass is 404 g/mol. The Morgan fingerprint density at radius 2 is 2.25 bits per heavy atom. The van der Waals surface area contributed by atoms with Crippen LogP contribution in [0.5, 0.6) is 0 Å². The number of nitrogens with zero attached hydrogens (tertiary/aromatic N) is 4. The fraction of sp³-hybridized carbons (Fsp3) is 0.650. The van der Waals surface area contributed by atoms with E-state index in [2.05, 4.69) is 53.6 Å². The third kappa shape index (κ3) is 5.47. The maximum atomic E-state index is 12.4. The van der Waals surface area contributed by atoms with Gasteiger partial charge in [0.05, 0.1) is 0 Å². The van der Waals surface area contributed by atoms with Crippen molar-refractivity contribution < 1.29 is 0 Å². The topological polar surface area (TPSA) is 76.2 Å². The van der Waals surface area contributed by atoms with Crippen molar-refractivity contribution in [3.63, 3.8) is 0 Å². The highest BCUT2D eigenvalue weighted by molar-refractivity contribution is 7.11. The molecule has 2 aromatic heterocycles. The van der Waals surface area contributed by atoms with Gasteiger partial charge in [-0.25, -0.2) is 9.48 Å². The molecular formula is C20H32N6OS. The number of aromatic nitrogens is 3. The van der Waals surface area contributed by atoms with Crippen LogP contribution in [-0.2, 0) is 25.9 Å². The van der Waals surface area contributed by atoms with E-state index >= 15 is 0 Å². The predicted octanol–water partition coefficient (Wildman–Crippen LogP) is 2.33. The van der Waals surface area contributed by atoms with Crippen LogP contribution in [0.15, 0.2) is 21.9 Å². The third-order valence-corrected chi connectivity index (χ3v) is 5.88. The van der Waals surface area contributed by atoms with Crippen molar-refractivity contribution >= 4 is 17.3 Å². The molecule has 3 rings (SSSR count). The summed E-state index contributed by atoms with van der Waals surface area (Å²) >= 11 is 1.85. The molecule has 0 aliphatic carbocycles. The average Bonchev–Trinajstić information content (AvgIpc) is 3.22. The van der Waals surface area contributed by atoms with Crippen LogP contribution in [0.4, 0.5) is 0 Å². The van der Waals surface area contributed by atoms with Gasteiger partial charge in [-0.15, -0.1) is 11.3 Å². The van der Waals surface area contributed by atoms with Gasteiger partial charge in [-0.1, -0.05) is 0 Å². The van der Waals surface area contributed by atoms with Gasteiger partial charge in [-0.3, -0.25) is 9.56 Å². The number of guanidine groups is 1. The predicted molar refractivity (Wildman–Crippen MR) is 115 cm³/mol. The zero-order chi connectivity index (χ0) is 19.9. The van der Waals surface area contributed by atoms with Crippen LogP contribution in [-0.4, -0.2) is 39.4 Å². The number of hydrogen-bond donors (Lipinski definition) is 2. The second-order valence-electron chi connectivity index (χ2n) is 7.41. The summed E-state index contributed by atoms with van der Waals surface area (Å²) in [5.41, 5.74) is 0.0311. The molecule has 0 bridgehead atoms. The highest BCUT2D eigenvalue weighted by Crippen LogP contribution is 2.16. The van der Waals surface area contributed by atoms with Gasteiger partial charge in [0.15, 0.2) is 5.96 Å². The summed E-state index contributed by atoms with van der Waals surface area (Å²) in [6, 6.07) is 4.67. The molecule has 1 unspecified atom stereocenters. The van der Waals surface area contributed by atoms with Gasteiger partial charge in [-0.05, 0) is 52.2 Å². The zero-order valence-corrected chi connectivity index (χ0v) is 18.0. The molecule has 1 atom stereocenters. The number of nitrogens with one attached hydrogen (secondary N) is 2. The van der Waals surface area contributed by atoms with Crippen molar-refractivity contribution in [1.29, 1.82) is 0 Å². The van der Waals surface area contributed by atoms with Crippen LogP contribution in [0, 0.1) is 6.92 Å². The first-order valence-corrected chi connectivity index (χ1v) is 11.1. The number of fused-ring (bicyclic) bond motifs is 1. The summed E-state index contributed by atoms with van der Waals surface area (Å²) in [6.45, 7) is 9.29. The first-order valence-electron chi connectivity index (χ1n) is 10.3. The molecule has 0 saturated carbocycles. The fourth-order valence-electron chi connectivity index (χ4n) is 3.51. The van der Waals surface area contributed by atoms with Crippen molar-refractivity contribution in [2.45, 2.75) is 72.0 Å². The van der Waals surface area contributed by atoms with Crippen LogP contribution in [0.3, 0.4) is 0 Å². The summed E-state index contributed by atoms with van der Waals surface area (Å²) in [5.74, 6) is 1.77. The lowest BCUT2D eigenvalue weighted by atomic mass is 10.2. The molecule has 0 spiro atoms. The number of aryl methyl sites for hydroxylation is 3. The number of hydrogen-bond acceptors (Lipinski definition) is 4. The van der Waals surface area contributed by atoms with Crippen LogP contribution < -0.4 is 16.3 Å². The highest BCUT2D eigenvalue weighted by Gasteiger charge is 2.16. The molecule has 3 heterocycles. The van der Waals surface area contributed by atoms with Gasteiger partial charge >= 0.3 is 5.69 Å². The Labute approximate surface area is 170 Å². The normalized spacial score (nSPS) is 15.3. The van der Waals surface area contributed by atoms with Crippen LogP contribution in [0.1, 0.15) is 48.7 Å². The summed E-state index contributed by atoms with van der Waals surface area (Å²) < 4.78 is 3.44. The summed E-state index contributed by atoms with van der Waals surface area (Å²) in [7, 11) is 0. The lowest BCUT2D eigenvalue weighted by Crippen LogP contribution is -2.43. The molecule has 0 amide bonds. The summed E-state index contributed by atoms with van der Waals surface area (Å²) in [5, 5.41) is 11.3. The van der Waals surface area contributed by atoms with Crippen molar-refractivity contribution in [1.82, 2.24) is 25.0 Å². The Morgan fingerprint density at radius 3 is 2.96 bits per heavy atom. The molecule has 2 aromatic rings. The molecular weight excluding hydrogens is 372 g/mol. The van der Waals surface area contributed by atoms with E-state index in [1.165, 1.54) is 9.75 Å². The lowest BCUT2D eigenvalue weighted by Gasteiger charge is -2.17. The zero-order valence-electron chi connectivity index (χ0n) is 17.2. The molecule has 2 N–H and O–H groups in total. The maximum Gasteiger partial charge on any atom is 0.345 e. The summed E-state index contributed by atoms with van der Waals surface area (Å²) in [6.07, 6.45) is 4.89. The van der Waals surface area contributed by atoms with Crippen molar-refractivity contribution in [2.24, 2.45) is 4.99 Å². The quantitative estimate of drug-likeness (QED) is 0.402. The van der Waals surface area contributed by atoms with E-state index in [0.717, 1.165) is 57.0 Å².